The topological polar surface area (TPSA) is 59.0 Å². The van der Waals surface area contributed by atoms with E-state index < -0.39 is 11.6 Å². The molecule has 0 amide bonds. The lowest BCUT2D eigenvalue weighted by molar-refractivity contribution is -0.164. The van der Waals surface area contributed by atoms with E-state index >= 15 is 0 Å². The number of hydrogen-bond donors (Lipinski definition) is 1. The smallest absolute Gasteiger partial charge is 0.340 e. The first-order valence-electron chi connectivity index (χ1n) is 9.12. The molecule has 2 aromatic carbocycles. The van der Waals surface area contributed by atoms with Gasteiger partial charge in [0.05, 0.1) is 12.2 Å². The summed E-state index contributed by atoms with van der Waals surface area (Å²) in [5.74, 6) is 0.805. The molecule has 0 fully saturated rings. The summed E-state index contributed by atoms with van der Waals surface area (Å²) in [5.41, 5.74) is 0.524. The number of carbonyl (C=O) groups is 1. The highest BCUT2D eigenvalue weighted by molar-refractivity contribution is 7.99. The van der Waals surface area contributed by atoms with Gasteiger partial charge in [-0.15, -0.1) is 11.8 Å². The summed E-state index contributed by atoms with van der Waals surface area (Å²) in [6.07, 6.45) is 0. The van der Waals surface area contributed by atoms with Crippen molar-refractivity contribution in [3.63, 3.8) is 0 Å². The van der Waals surface area contributed by atoms with E-state index in [1.807, 2.05) is 11.8 Å². The summed E-state index contributed by atoms with van der Waals surface area (Å²) in [4.78, 5) is 15.2. The van der Waals surface area contributed by atoms with Crippen molar-refractivity contribution >= 4 is 23.4 Å². The van der Waals surface area contributed by atoms with Crippen LogP contribution in [-0.2, 0) is 15.1 Å². The number of carboxylic acids is 1. The fraction of sp³-hybridized carbons (Fsp3) is 0.381. The van der Waals surface area contributed by atoms with Crippen molar-refractivity contribution in [3.8, 4) is 5.75 Å². The highest BCUT2D eigenvalue weighted by atomic mass is 32.2. The van der Waals surface area contributed by atoms with Crippen LogP contribution in [0.3, 0.4) is 0 Å². The second-order valence-corrected chi connectivity index (χ2v) is 7.58. The van der Waals surface area contributed by atoms with Crippen LogP contribution in [0.2, 0.25) is 0 Å². The molecule has 0 bridgehead atoms. The first kappa shape index (κ1) is 19.6. The fourth-order valence-corrected chi connectivity index (χ4v) is 4.21. The molecule has 144 valence electrons. The van der Waals surface area contributed by atoms with Crippen LogP contribution in [0, 0.1) is 0 Å². The third-order valence-electron chi connectivity index (χ3n) is 4.70. The molecule has 1 N–H and O–H groups in total. The number of aliphatic carboxylic acids is 1. The summed E-state index contributed by atoms with van der Waals surface area (Å²) >= 11 is 1.89. The van der Waals surface area contributed by atoms with Gasteiger partial charge in [-0.25, -0.2) is 4.79 Å². The monoisotopic (exact) mass is 387 g/mol. The Hall–Kier alpha value is -2.18. The molecule has 1 unspecified atom stereocenters. The fourth-order valence-electron chi connectivity index (χ4n) is 3.16. The summed E-state index contributed by atoms with van der Waals surface area (Å²) in [6.45, 7) is 6.08. The van der Waals surface area contributed by atoms with Crippen LogP contribution in [0.1, 0.15) is 19.4 Å². The van der Waals surface area contributed by atoms with Gasteiger partial charge in [-0.05, 0) is 43.7 Å². The minimum Gasteiger partial charge on any atom is -0.492 e. The highest BCUT2D eigenvalue weighted by Gasteiger charge is 2.35. The Labute approximate surface area is 164 Å². The van der Waals surface area contributed by atoms with E-state index in [1.54, 1.807) is 38.1 Å². The van der Waals surface area contributed by atoms with Crippen molar-refractivity contribution in [2.75, 3.05) is 37.0 Å². The molecule has 1 heterocycles. The van der Waals surface area contributed by atoms with Crippen molar-refractivity contribution in [1.82, 2.24) is 0 Å². The zero-order chi connectivity index (χ0) is 19.3. The summed E-state index contributed by atoms with van der Waals surface area (Å²) in [5, 5.41) is 9.49. The average Bonchev–Trinajstić information content (AvgIpc) is 2.68. The van der Waals surface area contributed by atoms with Gasteiger partial charge in [-0.1, -0.05) is 24.3 Å². The predicted octanol–water partition coefficient (Wildman–Crippen LogP) is 4.01. The van der Waals surface area contributed by atoms with Gasteiger partial charge in [0.1, 0.15) is 12.4 Å². The lowest BCUT2D eigenvalue weighted by Gasteiger charge is -2.30. The van der Waals surface area contributed by atoms with Crippen LogP contribution in [0.25, 0.3) is 0 Å². The minimum atomic E-state index is -1.34. The average molecular weight is 388 g/mol. The molecule has 1 aliphatic rings. The number of para-hydroxylation sites is 1. The van der Waals surface area contributed by atoms with Gasteiger partial charge in [-0.3, -0.25) is 0 Å². The van der Waals surface area contributed by atoms with Crippen molar-refractivity contribution in [2.24, 2.45) is 0 Å². The van der Waals surface area contributed by atoms with Crippen molar-refractivity contribution in [1.29, 1.82) is 0 Å². The number of benzene rings is 2. The number of ether oxygens (including phenoxy) is 2. The second-order valence-electron chi connectivity index (χ2n) is 6.45. The van der Waals surface area contributed by atoms with Gasteiger partial charge in [0, 0.05) is 23.8 Å². The Morgan fingerprint density at radius 2 is 1.96 bits per heavy atom. The standard InChI is InChI=1S/C21H25NO4S/c1-3-26-21(2,20(23)24)16-8-10-17(11-9-16)25-14-12-22-13-15-27-19-7-5-4-6-18(19)22/h4-11H,3,12-15H2,1-2H3,(H,23,24). The molecule has 3 rings (SSSR count). The van der Waals surface area contributed by atoms with Crippen LogP contribution >= 0.6 is 11.8 Å². The van der Waals surface area contributed by atoms with E-state index in [9.17, 15) is 9.90 Å². The molecule has 6 heteroatoms. The van der Waals surface area contributed by atoms with Gasteiger partial charge in [0.15, 0.2) is 5.60 Å². The molecule has 0 saturated carbocycles. The molecule has 0 radical (unpaired) electrons. The minimum absolute atomic E-state index is 0.330. The molecule has 1 atom stereocenters. The third-order valence-corrected chi connectivity index (χ3v) is 5.74. The molecule has 2 aromatic rings. The maximum Gasteiger partial charge on any atom is 0.340 e. The predicted molar refractivity (Wildman–Crippen MR) is 108 cm³/mol. The molecule has 0 saturated heterocycles. The Morgan fingerprint density at radius 3 is 2.67 bits per heavy atom. The highest BCUT2D eigenvalue weighted by Crippen LogP contribution is 2.34. The quantitative estimate of drug-likeness (QED) is 0.738. The zero-order valence-electron chi connectivity index (χ0n) is 15.7. The van der Waals surface area contributed by atoms with Gasteiger partial charge >= 0.3 is 5.97 Å². The number of fused-ring (bicyclic) bond motifs is 1. The first-order chi connectivity index (χ1) is 13.0. The van der Waals surface area contributed by atoms with Gasteiger partial charge in [0.25, 0.3) is 0 Å². The molecule has 0 aromatic heterocycles. The molecule has 1 aliphatic heterocycles. The Kier molecular flexibility index (Phi) is 6.29. The Balaban J connectivity index is 1.59. The Bertz CT molecular complexity index is 780. The van der Waals surface area contributed by atoms with E-state index in [0.717, 1.165) is 24.6 Å². The van der Waals surface area contributed by atoms with Crippen LogP contribution in [0.5, 0.6) is 5.75 Å². The number of rotatable bonds is 8. The van der Waals surface area contributed by atoms with Gasteiger partial charge in [-0.2, -0.15) is 0 Å². The number of thioether (sulfide) groups is 1. The maximum absolute atomic E-state index is 11.6. The largest absolute Gasteiger partial charge is 0.492 e. The summed E-state index contributed by atoms with van der Waals surface area (Å²) < 4.78 is 11.3. The van der Waals surface area contributed by atoms with Gasteiger partial charge in [0.2, 0.25) is 0 Å². The SMILES string of the molecule is CCOC(C)(C(=O)O)c1ccc(OCCN2CCSc3ccccc32)cc1. The van der Waals surface area contributed by atoms with E-state index in [1.165, 1.54) is 10.6 Å². The summed E-state index contributed by atoms with van der Waals surface area (Å²) in [6, 6.07) is 15.6. The molecule has 0 spiro atoms. The first-order valence-corrected chi connectivity index (χ1v) is 10.1. The van der Waals surface area contributed by atoms with Crippen LogP contribution < -0.4 is 9.64 Å². The third kappa shape index (κ3) is 4.39. The zero-order valence-corrected chi connectivity index (χ0v) is 16.5. The lowest BCUT2D eigenvalue weighted by Crippen LogP contribution is -2.35. The van der Waals surface area contributed by atoms with E-state index in [2.05, 4.69) is 29.2 Å². The number of anilines is 1. The molecular weight excluding hydrogens is 362 g/mol. The normalized spacial score (nSPS) is 15.7. The van der Waals surface area contributed by atoms with Crippen LogP contribution in [-0.4, -0.2) is 43.1 Å². The van der Waals surface area contributed by atoms with Crippen LogP contribution in [0.15, 0.2) is 53.4 Å². The lowest BCUT2D eigenvalue weighted by atomic mass is 9.96. The Morgan fingerprint density at radius 1 is 1.22 bits per heavy atom. The number of hydrogen-bond acceptors (Lipinski definition) is 5. The number of carboxylic acid groups (broad SMARTS) is 1. The molecular formula is C21H25NO4S. The molecule has 5 nitrogen and oxygen atoms in total. The van der Waals surface area contributed by atoms with Crippen molar-refractivity contribution in [3.05, 3.63) is 54.1 Å². The van der Waals surface area contributed by atoms with Gasteiger partial charge < -0.3 is 19.5 Å². The molecule has 0 aliphatic carbocycles. The summed E-state index contributed by atoms with van der Waals surface area (Å²) in [7, 11) is 0. The maximum atomic E-state index is 11.6. The van der Waals surface area contributed by atoms with E-state index in [4.69, 9.17) is 9.47 Å². The molecule has 27 heavy (non-hydrogen) atoms. The second kappa shape index (κ2) is 8.67. The van der Waals surface area contributed by atoms with E-state index in [0.29, 0.717) is 18.8 Å². The van der Waals surface area contributed by atoms with E-state index in [-0.39, 0.29) is 0 Å². The van der Waals surface area contributed by atoms with Crippen molar-refractivity contribution < 1.29 is 19.4 Å². The van der Waals surface area contributed by atoms with Crippen LogP contribution in [0.4, 0.5) is 5.69 Å². The van der Waals surface area contributed by atoms with Crippen molar-refractivity contribution in [2.45, 2.75) is 24.3 Å². The number of nitrogens with zero attached hydrogens (tertiary/aromatic N) is 1.